The Bertz CT molecular complexity index is 1340. The predicted molar refractivity (Wildman–Crippen MR) is 182 cm³/mol. The summed E-state index contributed by atoms with van der Waals surface area (Å²) in [6.45, 7) is 12.3. The van der Waals surface area contributed by atoms with E-state index in [1.807, 2.05) is 40.1 Å². The molecule has 1 N–H and O–H groups in total. The van der Waals surface area contributed by atoms with Gasteiger partial charge in [0.15, 0.2) is 0 Å². The number of hydrogen-bond acceptors (Lipinski definition) is 6. The third kappa shape index (κ3) is 8.68. The smallest absolute Gasteiger partial charge is 0.245 e. The number of carbonyl (C=O) groups excluding carboxylic acids is 3. The van der Waals surface area contributed by atoms with Crippen LogP contribution in [-0.4, -0.2) is 114 Å². The number of piperazine rings is 1. The third-order valence-corrected chi connectivity index (χ3v) is 10.1. The molecule has 1 unspecified atom stereocenters. The van der Waals surface area contributed by atoms with Gasteiger partial charge >= 0.3 is 0 Å². The second-order valence-corrected chi connectivity index (χ2v) is 14.1. The van der Waals surface area contributed by atoms with Gasteiger partial charge in [0.1, 0.15) is 6.04 Å². The Morgan fingerprint density at radius 3 is 2.24 bits per heavy atom. The first-order valence-electron chi connectivity index (χ1n) is 17.0. The van der Waals surface area contributed by atoms with Gasteiger partial charge in [0.2, 0.25) is 17.7 Å². The van der Waals surface area contributed by atoms with Crippen molar-refractivity contribution in [3.8, 4) is 0 Å². The average Bonchev–Trinajstić information content (AvgIpc) is 3.05. The molecule has 0 aromatic heterocycles. The van der Waals surface area contributed by atoms with Crippen molar-refractivity contribution < 1.29 is 14.4 Å². The fourth-order valence-electron chi connectivity index (χ4n) is 7.27. The van der Waals surface area contributed by atoms with Crippen LogP contribution in [-0.2, 0) is 27.2 Å². The topological polar surface area (TPSA) is 79.4 Å². The largest absolute Gasteiger partial charge is 0.344 e. The van der Waals surface area contributed by atoms with Gasteiger partial charge in [-0.3, -0.25) is 19.3 Å². The Morgan fingerprint density at radius 2 is 1.59 bits per heavy atom. The van der Waals surface area contributed by atoms with E-state index in [2.05, 4.69) is 59.3 Å². The van der Waals surface area contributed by atoms with Gasteiger partial charge in [0.05, 0.1) is 0 Å². The molecule has 0 spiro atoms. The summed E-state index contributed by atoms with van der Waals surface area (Å²) in [6, 6.07) is 15.6. The second-order valence-electron chi connectivity index (χ2n) is 13.6. The molecule has 250 valence electrons. The summed E-state index contributed by atoms with van der Waals surface area (Å²) in [4.78, 5) is 45.8. The Balaban J connectivity index is 1.25. The van der Waals surface area contributed by atoms with Crippen LogP contribution in [0.4, 0.5) is 0 Å². The molecule has 2 aromatic rings. The van der Waals surface area contributed by atoms with E-state index in [0.29, 0.717) is 42.9 Å². The van der Waals surface area contributed by atoms with E-state index in [1.54, 1.807) is 6.92 Å². The molecule has 3 amide bonds. The van der Waals surface area contributed by atoms with Gasteiger partial charge in [-0.05, 0) is 61.1 Å². The standard InChI is InChI=1S/C36H51ClN6O3/c1-26(2)25-43(31-14-17-40(18-15-31)27(3)44)42-21-19-41(20-22-42)36(46)33(23-28-9-11-30(37)12-10-28)38-35(45)24-34-32-8-6-5-7-29(32)13-16-39(34)4/h5-12,26,31,33-34H,13-25H2,1-4H3,(H,38,45)/t33-,34?/m1/s1. The van der Waals surface area contributed by atoms with Crippen LogP contribution in [0.5, 0.6) is 0 Å². The lowest BCUT2D eigenvalue weighted by molar-refractivity contribution is -0.146. The van der Waals surface area contributed by atoms with E-state index < -0.39 is 6.04 Å². The van der Waals surface area contributed by atoms with E-state index in [4.69, 9.17) is 11.6 Å². The van der Waals surface area contributed by atoms with Crippen molar-refractivity contribution in [1.82, 2.24) is 30.0 Å². The number of fused-ring (bicyclic) bond motifs is 1. The maximum Gasteiger partial charge on any atom is 0.245 e. The summed E-state index contributed by atoms with van der Waals surface area (Å²) in [5.74, 6) is 0.501. The highest BCUT2D eigenvalue weighted by molar-refractivity contribution is 6.30. The number of halogens is 1. The highest BCUT2D eigenvalue weighted by atomic mass is 35.5. The Morgan fingerprint density at radius 1 is 0.913 bits per heavy atom. The number of likely N-dealkylation sites (tertiary alicyclic amines) is 1. The lowest BCUT2D eigenvalue weighted by atomic mass is 9.91. The zero-order chi connectivity index (χ0) is 32.8. The zero-order valence-corrected chi connectivity index (χ0v) is 28.7. The van der Waals surface area contributed by atoms with Crippen molar-refractivity contribution in [1.29, 1.82) is 0 Å². The summed E-state index contributed by atoms with van der Waals surface area (Å²) in [6.07, 6.45) is 3.61. The first-order valence-corrected chi connectivity index (χ1v) is 17.3. The summed E-state index contributed by atoms with van der Waals surface area (Å²) in [5.41, 5.74) is 3.45. The molecule has 2 aromatic carbocycles. The number of nitrogens with zero attached hydrogens (tertiary/aromatic N) is 5. The molecule has 9 nitrogen and oxygen atoms in total. The van der Waals surface area contributed by atoms with E-state index in [0.717, 1.165) is 64.1 Å². The number of hydrogen-bond donors (Lipinski definition) is 1. The Labute approximate surface area is 279 Å². The molecule has 10 heteroatoms. The molecule has 0 bridgehead atoms. The molecule has 2 saturated heterocycles. The van der Waals surface area contributed by atoms with E-state index in [1.165, 1.54) is 11.1 Å². The fraction of sp³-hybridized carbons (Fsp3) is 0.583. The van der Waals surface area contributed by atoms with Crippen molar-refractivity contribution in [3.63, 3.8) is 0 Å². The summed E-state index contributed by atoms with van der Waals surface area (Å²) in [7, 11) is 2.07. The van der Waals surface area contributed by atoms with Crippen LogP contribution in [0.25, 0.3) is 0 Å². The zero-order valence-electron chi connectivity index (χ0n) is 28.0. The minimum Gasteiger partial charge on any atom is -0.344 e. The van der Waals surface area contributed by atoms with Crippen molar-refractivity contribution in [2.45, 2.75) is 71.0 Å². The molecule has 5 rings (SSSR count). The van der Waals surface area contributed by atoms with E-state index in [9.17, 15) is 14.4 Å². The summed E-state index contributed by atoms with van der Waals surface area (Å²) in [5, 5.41) is 8.72. The second kappa shape index (κ2) is 15.7. The summed E-state index contributed by atoms with van der Waals surface area (Å²) >= 11 is 6.15. The van der Waals surface area contributed by atoms with E-state index in [-0.39, 0.29) is 23.8 Å². The number of piperidine rings is 1. The molecule has 46 heavy (non-hydrogen) atoms. The van der Waals surface area contributed by atoms with Crippen molar-refractivity contribution in [3.05, 3.63) is 70.2 Å². The van der Waals surface area contributed by atoms with E-state index >= 15 is 0 Å². The van der Waals surface area contributed by atoms with Gasteiger partial charge in [0, 0.05) is 89.2 Å². The van der Waals surface area contributed by atoms with Gasteiger partial charge < -0.3 is 15.1 Å². The molecule has 3 aliphatic rings. The first kappa shape index (κ1) is 34.4. The molecule has 0 saturated carbocycles. The van der Waals surface area contributed by atoms with Crippen molar-refractivity contribution >= 4 is 29.3 Å². The first-order chi connectivity index (χ1) is 22.1. The van der Waals surface area contributed by atoms with Crippen LogP contribution in [0.1, 0.15) is 62.8 Å². The number of amides is 3. The highest BCUT2D eigenvalue weighted by Gasteiger charge is 2.35. The number of carbonyl (C=O) groups is 3. The molecular formula is C36H51ClN6O3. The van der Waals surface area contributed by atoms with Crippen LogP contribution in [0.15, 0.2) is 48.5 Å². The number of nitrogens with one attached hydrogen (secondary N) is 1. The average molecular weight is 651 g/mol. The van der Waals surface area contributed by atoms with Gasteiger partial charge in [-0.25, -0.2) is 10.0 Å². The SMILES string of the molecule is CC(=O)N1CCC(N(CC(C)C)N2CCN(C(=O)[C@@H](Cc3ccc(Cl)cc3)NC(=O)CC3c4ccccc4CCN3C)CC2)CC1. The fourth-order valence-corrected chi connectivity index (χ4v) is 7.40. The predicted octanol–water partition coefficient (Wildman–Crippen LogP) is 4.01. The third-order valence-electron chi connectivity index (χ3n) is 9.86. The van der Waals surface area contributed by atoms with Crippen LogP contribution in [0.2, 0.25) is 5.02 Å². The minimum absolute atomic E-state index is 0.0194. The number of likely N-dealkylation sites (N-methyl/N-ethyl adjacent to an activating group) is 1. The minimum atomic E-state index is -0.660. The Hall–Kier alpha value is -2.98. The van der Waals surface area contributed by atoms with Crippen molar-refractivity contribution in [2.75, 3.05) is 59.4 Å². The molecule has 2 fully saturated rings. The Kier molecular flexibility index (Phi) is 11.8. The van der Waals surface area contributed by atoms with Crippen LogP contribution >= 0.6 is 11.6 Å². The molecule has 3 aliphatic heterocycles. The number of rotatable bonds is 10. The monoisotopic (exact) mass is 650 g/mol. The molecule has 0 radical (unpaired) electrons. The number of hydrazine groups is 1. The highest BCUT2D eigenvalue weighted by Crippen LogP contribution is 2.31. The lowest BCUT2D eigenvalue weighted by Gasteiger charge is -2.47. The number of benzene rings is 2. The quantitative estimate of drug-likeness (QED) is 0.419. The van der Waals surface area contributed by atoms with Crippen molar-refractivity contribution in [2.24, 2.45) is 5.92 Å². The molecule has 2 atom stereocenters. The molecule has 0 aliphatic carbocycles. The van der Waals surface area contributed by atoms with Crippen LogP contribution < -0.4 is 5.32 Å². The summed E-state index contributed by atoms with van der Waals surface area (Å²) < 4.78 is 0. The maximum atomic E-state index is 14.1. The van der Waals surface area contributed by atoms with Crippen LogP contribution in [0.3, 0.4) is 0 Å². The van der Waals surface area contributed by atoms with Gasteiger partial charge in [-0.2, -0.15) is 0 Å². The van der Waals surface area contributed by atoms with Gasteiger partial charge in [-0.15, -0.1) is 0 Å². The van der Waals surface area contributed by atoms with Gasteiger partial charge in [0.25, 0.3) is 0 Å². The molecular weight excluding hydrogens is 600 g/mol. The van der Waals surface area contributed by atoms with Crippen LogP contribution in [0, 0.1) is 5.92 Å². The maximum absolute atomic E-state index is 14.1. The lowest BCUT2D eigenvalue weighted by Crippen LogP contribution is -2.61. The van der Waals surface area contributed by atoms with Gasteiger partial charge in [-0.1, -0.05) is 61.8 Å². The molecule has 3 heterocycles. The normalized spacial score (nSPS) is 20.5.